The molecule has 0 saturated heterocycles. The van der Waals surface area contributed by atoms with E-state index in [1.165, 1.54) is 5.56 Å². The average molecular weight is 353 g/mol. The van der Waals surface area contributed by atoms with Gasteiger partial charge in [-0.1, -0.05) is 32.0 Å². The monoisotopic (exact) mass is 353 g/mol. The summed E-state index contributed by atoms with van der Waals surface area (Å²) in [6.45, 7) is 8.25. The van der Waals surface area contributed by atoms with Gasteiger partial charge in [-0.15, -0.1) is 0 Å². The Labute approximate surface area is 155 Å². The first-order valence-corrected chi connectivity index (χ1v) is 8.90. The molecule has 0 atom stereocenters. The molecule has 138 valence electrons. The highest BCUT2D eigenvalue weighted by Gasteiger charge is 2.09. The molecule has 5 heteroatoms. The van der Waals surface area contributed by atoms with E-state index in [1.54, 1.807) is 24.3 Å². The molecule has 0 aliphatic heterocycles. The van der Waals surface area contributed by atoms with Gasteiger partial charge in [-0.05, 0) is 55.7 Å². The molecule has 0 heterocycles. The van der Waals surface area contributed by atoms with Gasteiger partial charge in [0.2, 0.25) is 5.91 Å². The molecule has 2 rings (SSSR count). The third kappa shape index (κ3) is 5.62. The van der Waals surface area contributed by atoms with E-state index in [9.17, 15) is 9.59 Å². The van der Waals surface area contributed by atoms with Crippen LogP contribution in [0.4, 0.5) is 11.4 Å². The van der Waals surface area contributed by atoms with E-state index in [0.29, 0.717) is 17.2 Å². The lowest BCUT2D eigenvalue weighted by molar-refractivity contribution is -0.114. The number of nitrogens with one attached hydrogen (secondary N) is 3. The van der Waals surface area contributed by atoms with Crippen LogP contribution in [0.3, 0.4) is 0 Å². The van der Waals surface area contributed by atoms with Crippen LogP contribution >= 0.6 is 0 Å². The highest BCUT2D eigenvalue weighted by Crippen LogP contribution is 2.23. The van der Waals surface area contributed by atoms with E-state index in [4.69, 9.17) is 0 Å². The number of hydrogen-bond acceptors (Lipinski definition) is 3. The van der Waals surface area contributed by atoms with E-state index in [1.807, 2.05) is 32.0 Å². The normalized spacial score (nSPS) is 10.7. The summed E-state index contributed by atoms with van der Waals surface area (Å²) in [7, 11) is 0. The van der Waals surface area contributed by atoms with E-state index in [-0.39, 0.29) is 24.4 Å². The Balaban J connectivity index is 1.91. The fourth-order valence-corrected chi connectivity index (χ4v) is 2.59. The summed E-state index contributed by atoms with van der Waals surface area (Å²) in [6.07, 6.45) is 0. The average Bonchev–Trinajstić information content (AvgIpc) is 2.60. The topological polar surface area (TPSA) is 70.2 Å². The zero-order valence-electron chi connectivity index (χ0n) is 15.8. The minimum absolute atomic E-state index is 0.0849. The van der Waals surface area contributed by atoms with Crippen LogP contribution in [-0.2, 0) is 4.79 Å². The summed E-state index contributed by atoms with van der Waals surface area (Å²) < 4.78 is 0. The molecule has 0 unspecified atom stereocenters. The van der Waals surface area contributed by atoms with Crippen LogP contribution in [0.25, 0.3) is 0 Å². The number of anilines is 2. The molecule has 0 saturated carbocycles. The van der Waals surface area contributed by atoms with E-state index in [0.717, 1.165) is 5.69 Å². The molecule has 0 aliphatic carbocycles. The number of carbonyl (C=O) groups excluding carboxylic acids is 2. The Morgan fingerprint density at radius 2 is 1.58 bits per heavy atom. The lowest BCUT2D eigenvalue weighted by Crippen LogP contribution is -2.30. The first-order chi connectivity index (χ1) is 12.4. The van der Waals surface area contributed by atoms with Gasteiger partial charge >= 0.3 is 0 Å². The van der Waals surface area contributed by atoms with Crippen LogP contribution in [0.5, 0.6) is 0 Å². The predicted octanol–water partition coefficient (Wildman–Crippen LogP) is 4.00. The van der Waals surface area contributed by atoms with Crippen LogP contribution in [-0.4, -0.2) is 24.4 Å². The molecule has 0 bridgehead atoms. The van der Waals surface area contributed by atoms with Crippen LogP contribution in [0.1, 0.15) is 49.5 Å². The maximum Gasteiger partial charge on any atom is 0.251 e. The van der Waals surface area contributed by atoms with Crippen molar-refractivity contribution in [3.63, 3.8) is 0 Å². The Morgan fingerprint density at radius 3 is 2.19 bits per heavy atom. The minimum Gasteiger partial charge on any atom is -0.376 e. The third-order valence-corrected chi connectivity index (χ3v) is 3.87. The maximum absolute atomic E-state index is 12.2. The van der Waals surface area contributed by atoms with Gasteiger partial charge in [-0.25, -0.2) is 0 Å². The first-order valence-electron chi connectivity index (χ1n) is 8.90. The van der Waals surface area contributed by atoms with Gasteiger partial charge in [0.05, 0.1) is 6.54 Å². The Bertz CT molecular complexity index is 752. The van der Waals surface area contributed by atoms with E-state index >= 15 is 0 Å². The fourth-order valence-electron chi connectivity index (χ4n) is 2.59. The second-order valence-electron chi connectivity index (χ2n) is 6.85. The summed E-state index contributed by atoms with van der Waals surface area (Å²) in [4.78, 5) is 24.1. The molecular weight excluding hydrogens is 326 g/mol. The Kier molecular flexibility index (Phi) is 6.78. The third-order valence-electron chi connectivity index (χ3n) is 3.87. The molecule has 0 aromatic heterocycles. The van der Waals surface area contributed by atoms with Crippen LogP contribution in [0.15, 0.2) is 48.5 Å². The number of para-hydroxylation sites is 1. The van der Waals surface area contributed by atoms with Crippen LogP contribution in [0.2, 0.25) is 0 Å². The van der Waals surface area contributed by atoms with E-state index in [2.05, 4.69) is 35.9 Å². The quantitative estimate of drug-likeness (QED) is 0.705. The number of hydrogen-bond donors (Lipinski definition) is 3. The first kappa shape index (κ1) is 19.5. The summed E-state index contributed by atoms with van der Waals surface area (Å²) >= 11 is 0. The number of carbonyl (C=O) groups is 2. The molecule has 3 N–H and O–H groups in total. The summed E-state index contributed by atoms with van der Waals surface area (Å²) in [6, 6.07) is 14.9. The van der Waals surface area contributed by atoms with Gasteiger partial charge in [0.15, 0.2) is 0 Å². The van der Waals surface area contributed by atoms with Crippen LogP contribution in [0, 0.1) is 0 Å². The molecule has 2 aromatic carbocycles. The molecule has 5 nitrogen and oxygen atoms in total. The molecule has 0 radical (unpaired) electrons. The van der Waals surface area contributed by atoms with Crippen molar-refractivity contribution >= 4 is 23.2 Å². The molecule has 2 aromatic rings. The molecule has 2 amide bonds. The summed E-state index contributed by atoms with van der Waals surface area (Å²) in [5, 5.41) is 8.86. The number of amides is 2. The van der Waals surface area contributed by atoms with Gasteiger partial charge in [-0.3, -0.25) is 9.59 Å². The largest absolute Gasteiger partial charge is 0.376 e. The zero-order chi connectivity index (χ0) is 19.1. The summed E-state index contributed by atoms with van der Waals surface area (Å²) in [5.41, 5.74) is 3.38. The van der Waals surface area contributed by atoms with Crippen molar-refractivity contribution < 1.29 is 9.59 Å². The fraction of sp³-hybridized carbons (Fsp3) is 0.333. The lowest BCUT2D eigenvalue weighted by Gasteiger charge is -2.14. The SMILES string of the molecule is CC(C)NC(=O)c1ccc(NC(=O)CNc2ccccc2C(C)C)cc1. The smallest absolute Gasteiger partial charge is 0.251 e. The molecule has 26 heavy (non-hydrogen) atoms. The predicted molar refractivity (Wildman–Crippen MR) is 107 cm³/mol. The van der Waals surface area contributed by atoms with Gasteiger partial charge in [0.1, 0.15) is 0 Å². The van der Waals surface area contributed by atoms with Gasteiger partial charge < -0.3 is 16.0 Å². The van der Waals surface area contributed by atoms with Crippen molar-refractivity contribution in [2.75, 3.05) is 17.2 Å². The highest BCUT2D eigenvalue weighted by molar-refractivity contribution is 5.96. The second-order valence-corrected chi connectivity index (χ2v) is 6.85. The zero-order valence-corrected chi connectivity index (χ0v) is 15.8. The lowest BCUT2D eigenvalue weighted by atomic mass is 10.0. The van der Waals surface area contributed by atoms with Gasteiger partial charge in [0, 0.05) is 23.0 Å². The standard InChI is InChI=1S/C21H27N3O2/c1-14(2)18-7-5-6-8-19(18)22-13-20(25)24-17-11-9-16(10-12-17)21(26)23-15(3)4/h5-12,14-15,22H,13H2,1-4H3,(H,23,26)(H,24,25). The van der Waals surface area contributed by atoms with Gasteiger partial charge in [0.25, 0.3) is 5.91 Å². The van der Waals surface area contributed by atoms with Crippen molar-refractivity contribution in [2.24, 2.45) is 0 Å². The summed E-state index contributed by atoms with van der Waals surface area (Å²) in [5.74, 6) is 0.124. The van der Waals surface area contributed by atoms with Crippen molar-refractivity contribution in [1.82, 2.24) is 5.32 Å². The van der Waals surface area contributed by atoms with Gasteiger partial charge in [-0.2, -0.15) is 0 Å². The minimum atomic E-state index is -0.136. The van der Waals surface area contributed by atoms with Crippen LogP contribution < -0.4 is 16.0 Å². The maximum atomic E-state index is 12.2. The number of benzene rings is 2. The van der Waals surface area contributed by atoms with Crippen molar-refractivity contribution in [3.05, 3.63) is 59.7 Å². The number of rotatable bonds is 7. The Morgan fingerprint density at radius 1 is 0.923 bits per heavy atom. The van der Waals surface area contributed by atoms with E-state index < -0.39 is 0 Å². The molecule has 0 spiro atoms. The Hall–Kier alpha value is -2.82. The highest BCUT2D eigenvalue weighted by atomic mass is 16.2. The van der Waals surface area contributed by atoms with Crippen molar-refractivity contribution in [1.29, 1.82) is 0 Å². The second kappa shape index (κ2) is 9.04. The molecule has 0 aliphatic rings. The van der Waals surface area contributed by atoms with Crippen molar-refractivity contribution in [3.8, 4) is 0 Å². The molecule has 0 fully saturated rings. The molecular formula is C21H27N3O2. The van der Waals surface area contributed by atoms with Crippen molar-refractivity contribution in [2.45, 2.75) is 39.7 Å².